The number of carbonyl (C=O) groups is 1. The Labute approximate surface area is 417 Å². The molecule has 3 unspecified atom stereocenters. The predicted octanol–water partition coefficient (Wildman–Crippen LogP) is 16.4. The van der Waals surface area contributed by atoms with E-state index >= 15 is 0 Å². The monoisotopic (exact) mass is 973 g/mol. The van der Waals surface area contributed by atoms with Crippen LogP contribution in [-0.4, -0.2) is 66.3 Å². The van der Waals surface area contributed by atoms with Crippen LogP contribution in [0.5, 0.6) is 0 Å². The van der Waals surface area contributed by atoms with Crippen LogP contribution in [0.15, 0.2) is 97.2 Å². The van der Waals surface area contributed by atoms with Crippen molar-refractivity contribution in [2.75, 3.05) is 33.0 Å². The minimum absolute atomic E-state index is 0.0297. The van der Waals surface area contributed by atoms with E-state index in [-0.39, 0.29) is 13.0 Å². The highest BCUT2D eigenvalue weighted by Gasteiger charge is 2.26. The zero-order chi connectivity index (χ0) is 49.5. The quantitative estimate of drug-likeness (QED) is 0.0236. The highest BCUT2D eigenvalue weighted by molar-refractivity contribution is 7.47. The molecule has 10 heteroatoms. The van der Waals surface area contributed by atoms with Gasteiger partial charge in [0.25, 0.3) is 0 Å². The number of allylic oxidation sites excluding steroid dienone is 16. The van der Waals surface area contributed by atoms with Crippen LogP contribution in [-0.2, 0) is 27.9 Å². The number of hydrogen-bond acceptors (Lipinski definition) is 8. The third-order valence-corrected chi connectivity index (χ3v) is 12.2. The lowest BCUT2D eigenvalue weighted by Gasteiger charge is -2.20. The lowest BCUT2D eigenvalue weighted by Crippen LogP contribution is -2.29. The van der Waals surface area contributed by atoms with Gasteiger partial charge in [0.2, 0.25) is 0 Å². The molecule has 0 aliphatic rings. The van der Waals surface area contributed by atoms with Crippen molar-refractivity contribution in [1.29, 1.82) is 0 Å². The summed E-state index contributed by atoms with van der Waals surface area (Å²) in [5.41, 5.74) is 0. The predicted molar refractivity (Wildman–Crippen MR) is 288 cm³/mol. The second kappa shape index (κ2) is 53.7. The molecular weight excluding hydrogens is 872 g/mol. The molecule has 0 heterocycles. The van der Waals surface area contributed by atoms with Crippen molar-refractivity contribution in [2.45, 2.75) is 232 Å². The molecule has 0 saturated heterocycles. The van der Waals surface area contributed by atoms with Gasteiger partial charge in [-0.2, -0.15) is 0 Å². The first kappa shape index (κ1) is 65.4. The molecule has 0 amide bonds. The van der Waals surface area contributed by atoms with Gasteiger partial charge >= 0.3 is 13.8 Å². The molecule has 392 valence electrons. The van der Waals surface area contributed by atoms with Gasteiger partial charge in [-0.25, -0.2) is 4.57 Å². The smallest absolute Gasteiger partial charge is 0.457 e. The van der Waals surface area contributed by atoms with Crippen molar-refractivity contribution in [2.24, 2.45) is 0 Å². The summed E-state index contributed by atoms with van der Waals surface area (Å²) < 4.78 is 33.6. The molecule has 3 N–H and O–H groups in total. The highest BCUT2D eigenvalue weighted by Crippen LogP contribution is 2.43. The Balaban J connectivity index is 4.12. The van der Waals surface area contributed by atoms with Crippen LogP contribution in [0.4, 0.5) is 0 Å². The zero-order valence-electron chi connectivity index (χ0n) is 43.3. The Morgan fingerprint density at radius 3 is 1.26 bits per heavy atom. The number of ether oxygens (including phenoxy) is 2. The summed E-state index contributed by atoms with van der Waals surface area (Å²) in [5, 5.41) is 18.4. The van der Waals surface area contributed by atoms with E-state index in [2.05, 4.69) is 111 Å². The maximum Gasteiger partial charge on any atom is 0.472 e. The van der Waals surface area contributed by atoms with Gasteiger partial charge in [0.05, 0.1) is 26.4 Å². The van der Waals surface area contributed by atoms with Gasteiger partial charge < -0.3 is 24.6 Å². The van der Waals surface area contributed by atoms with Gasteiger partial charge in [-0.1, -0.05) is 214 Å². The number of aliphatic hydroxyl groups is 2. The average Bonchev–Trinajstić information content (AvgIpc) is 3.33. The van der Waals surface area contributed by atoms with Crippen molar-refractivity contribution in [3.8, 4) is 0 Å². The van der Waals surface area contributed by atoms with E-state index in [1.807, 2.05) is 0 Å². The fraction of sp³-hybridized carbons (Fsp3) is 0.707. The fourth-order valence-electron chi connectivity index (χ4n) is 7.15. The lowest BCUT2D eigenvalue weighted by molar-refractivity contribution is -0.154. The molecule has 0 fully saturated rings. The summed E-state index contributed by atoms with van der Waals surface area (Å²) in [4.78, 5) is 22.7. The minimum Gasteiger partial charge on any atom is -0.457 e. The number of carbonyl (C=O) groups excluding carboxylic acids is 1. The Bertz CT molecular complexity index is 1380. The van der Waals surface area contributed by atoms with Crippen LogP contribution in [0.3, 0.4) is 0 Å². The summed E-state index contributed by atoms with van der Waals surface area (Å²) in [6.07, 6.45) is 69.5. The van der Waals surface area contributed by atoms with Gasteiger partial charge in [0.15, 0.2) is 0 Å². The molecule has 3 atom stereocenters. The van der Waals surface area contributed by atoms with E-state index in [1.54, 1.807) is 0 Å². The first-order chi connectivity index (χ1) is 33.3. The molecule has 0 aromatic heterocycles. The second-order valence-electron chi connectivity index (χ2n) is 17.9. The summed E-state index contributed by atoms with van der Waals surface area (Å²) in [7, 11) is -4.54. The molecule has 0 aromatic carbocycles. The van der Waals surface area contributed by atoms with Crippen LogP contribution < -0.4 is 0 Å². The summed E-state index contributed by atoms with van der Waals surface area (Å²) in [6.45, 7) is 3.35. The van der Waals surface area contributed by atoms with Gasteiger partial charge in [0, 0.05) is 13.0 Å². The largest absolute Gasteiger partial charge is 0.472 e. The van der Waals surface area contributed by atoms with E-state index in [1.165, 1.54) is 89.9 Å². The molecule has 0 aliphatic heterocycles. The van der Waals surface area contributed by atoms with Crippen LogP contribution in [0.25, 0.3) is 0 Å². The molecule has 68 heavy (non-hydrogen) atoms. The molecule has 0 bridgehead atoms. The van der Waals surface area contributed by atoms with Gasteiger partial charge in [-0.15, -0.1) is 0 Å². The Kier molecular flexibility index (Phi) is 51.7. The van der Waals surface area contributed by atoms with Gasteiger partial charge in [0.1, 0.15) is 12.2 Å². The first-order valence-corrected chi connectivity index (χ1v) is 28.7. The van der Waals surface area contributed by atoms with Crippen molar-refractivity contribution in [3.05, 3.63) is 97.2 Å². The Morgan fingerprint density at radius 2 is 0.838 bits per heavy atom. The number of hydrogen-bond donors (Lipinski definition) is 3. The first-order valence-electron chi connectivity index (χ1n) is 27.2. The normalized spacial score (nSPS) is 14.5. The van der Waals surface area contributed by atoms with Crippen LogP contribution in [0.2, 0.25) is 0 Å². The van der Waals surface area contributed by atoms with E-state index in [9.17, 15) is 19.4 Å². The number of phosphoric acid groups is 1. The van der Waals surface area contributed by atoms with Crippen molar-refractivity contribution in [3.63, 3.8) is 0 Å². The molecular formula is C58H101O9P. The molecule has 9 nitrogen and oxygen atoms in total. The maximum atomic E-state index is 12.7. The van der Waals surface area contributed by atoms with Crippen LogP contribution in [0.1, 0.15) is 219 Å². The molecule has 0 aliphatic carbocycles. The van der Waals surface area contributed by atoms with Crippen molar-refractivity contribution >= 4 is 13.8 Å². The highest BCUT2D eigenvalue weighted by atomic mass is 31.2. The standard InChI is InChI=1S/C58H101O9P/c1-3-5-7-9-11-13-15-17-19-21-23-25-27-29-31-33-35-37-39-41-43-45-47-49-51-64-54-57(55-66-68(62,63)65-53-56(60)52-59)67-58(61)50-48-46-44-42-40-38-36-34-32-30-28-26-24-22-20-18-16-14-12-10-8-6-4-2/h5,7,11,13,16-19,22-25,29,31,35,37,56-57,59-60H,3-4,6,8-10,12,14-15,20-21,26-28,30,32-34,36,38-55H2,1-2H3,(H,62,63)/b7-5-,13-11-,18-16-,19-17-,24-22-,25-23-,31-29-,37-35-. The number of aliphatic hydroxyl groups excluding tert-OH is 2. The van der Waals surface area contributed by atoms with Crippen molar-refractivity contribution < 1.29 is 43.0 Å². The molecule has 0 rings (SSSR count). The second-order valence-corrected chi connectivity index (χ2v) is 19.3. The third kappa shape index (κ3) is 52.7. The number of rotatable bonds is 51. The Morgan fingerprint density at radius 1 is 0.471 bits per heavy atom. The number of unbranched alkanes of at least 4 members (excludes halogenated alkanes) is 21. The topological polar surface area (TPSA) is 132 Å². The minimum atomic E-state index is -4.54. The number of esters is 1. The lowest BCUT2D eigenvalue weighted by atomic mass is 10.0. The van der Waals surface area contributed by atoms with Gasteiger partial charge in [-0.05, 0) is 96.3 Å². The summed E-state index contributed by atoms with van der Waals surface area (Å²) >= 11 is 0. The van der Waals surface area contributed by atoms with Crippen LogP contribution >= 0.6 is 7.82 Å². The SMILES string of the molecule is CC/C=C\C/C=C\C/C=C\C/C=C\C/C=C\C/C=C\CCCCCCCOCC(COP(=O)(O)OCC(O)CO)OC(=O)CCCCCCCCCCCCC/C=C\C/C=C\CCCCCCC. The molecule has 0 spiro atoms. The van der Waals surface area contributed by atoms with E-state index in [0.717, 1.165) is 109 Å². The van der Waals surface area contributed by atoms with Crippen molar-refractivity contribution in [1.82, 2.24) is 0 Å². The average molecular weight is 973 g/mol. The Hall–Kier alpha value is -2.62. The molecule has 0 saturated carbocycles. The van der Waals surface area contributed by atoms with Gasteiger partial charge in [-0.3, -0.25) is 13.8 Å². The molecule has 0 aromatic rings. The third-order valence-electron chi connectivity index (χ3n) is 11.3. The number of phosphoric ester groups is 1. The molecule has 0 radical (unpaired) electrons. The van der Waals surface area contributed by atoms with E-state index in [0.29, 0.717) is 6.61 Å². The summed E-state index contributed by atoms with van der Waals surface area (Å²) in [6, 6.07) is 0. The zero-order valence-corrected chi connectivity index (χ0v) is 44.2. The van der Waals surface area contributed by atoms with E-state index < -0.39 is 45.8 Å². The summed E-state index contributed by atoms with van der Waals surface area (Å²) in [5.74, 6) is -0.394. The maximum absolute atomic E-state index is 12.7. The van der Waals surface area contributed by atoms with E-state index in [4.69, 9.17) is 23.6 Å². The van der Waals surface area contributed by atoms with Crippen LogP contribution in [0, 0.1) is 0 Å². The fourth-order valence-corrected chi connectivity index (χ4v) is 7.94.